The molecule has 4 nitrogen and oxygen atoms in total. The highest BCUT2D eigenvalue weighted by Crippen LogP contribution is 2.36. The molecule has 4 atom stereocenters. The fourth-order valence-corrected chi connectivity index (χ4v) is 4.90. The minimum atomic E-state index is -3.94. The molecule has 0 saturated carbocycles. The van der Waals surface area contributed by atoms with Gasteiger partial charge in [-0.1, -0.05) is 56.7 Å². The highest BCUT2D eigenvalue weighted by molar-refractivity contribution is 7.90. The Kier molecular flexibility index (Phi) is 8.57. The second kappa shape index (κ2) is 10.4. The number of alkyl halides is 2. The number of carbonyl (C=O) groups excluding carboxylic acids is 1. The Hall–Kier alpha value is -2.12. The van der Waals surface area contributed by atoms with E-state index in [1.165, 1.54) is 19.1 Å². The van der Waals surface area contributed by atoms with E-state index < -0.39 is 39.1 Å². The third kappa shape index (κ3) is 6.27. The van der Waals surface area contributed by atoms with Gasteiger partial charge in [-0.25, -0.2) is 8.42 Å². The van der Waals surface area contributed by atoms with Gasteiger partial charge < -0.3 is 5.11 Å². The summed E-state index contributed by atoms with van der Waals surface area (Å²) in [6.07, 6.45) is 6.33. The molecule has 33 heavy (non-hydrogen) atoms. The molecule has 0 radical (unpaired) electrons. The van der Waals surface area contributed by atoms with Crippen LogP contribution in [0.5, 0.6) is 0 Å². The average molecular weight is 481 g/mol. The van der Waals surface area contributed by atoms with Crippen molar-refractivity contribution >= 4 is 21.2 Å². The number of aliphatic hydroxyl groups excluding tert-OH is 1. The SMILES string of the molecule is CC=CC(F)(F)c1ccc(C2=CCC(C)C(C)C(C)=CCC(O)C(C)C2=O)c(S(C)(=O)=O)c1. The Morgan fingerprint density at radius 1 is 1.09 bits per heavy atom. The molecule has 1 aliphatic carbocycles. The van der Waals surface area contributed by atoms with E-state index in [9.17, 15) is 27.1 Å². The lowest BCUT2D eigenvalue weighted by Gasteiger charge is -2.21. The zero-order valence-corrected chi connectivity index (χ0v) is 20.9. The lowest BCUT2D eigenvalue weighted by molar-refractivity contribution is -0.119. The largest absolute Gasteiger partial charge is 0.392 e. The Morgan fingerprint density at radius 2 is 1.73 bits per heavy atom. The van der Waals surface area contributed by atoms with Crippen LogP contribution in [0.1, 0.15) is 58.6 Å². The summed E-state index contributed by atoms with van der Waals surface area (Å²) in [5.41, 5.74) is 0.877. The number of benzene rings is 1. The first-order valence-corrected chi connectivity index (χ1v) is 13.1. The summed E-state index contributed by atoms with van der Waals surface area (Å²) in [4.78, 5) is 13.1. The Balaban J connectivity index is 2.73. The summed E-state index contributed by atoms with van der Waals surface area (Å²) in [5, 5.41) is 10.6. The summed E-state index contributed by atoms with van der Waals surface area (Å²) in [6, 6.07) is 3.38. The number of rotatable bonds is 4. The van der Waals surface area contributed by atoms with Gasteiger partial charge in [-0.3, -0.25) is 4.79 Å². The monoisotopic (exact) mass is 480 g/mol. The predicted octanol–water partition coefficient (Wildman–Crippen LogP) is 5.72. The maximum absolute atomic E-state index is 14.5. The van der Waals surface area contributed by atoms with Gasteiger partial charge in [0.05, 0.1) is 11.0 Å². The van der Waals surface area contributed by atoms with Crippen molar-refractivity contribution in [1.82, 2.24) is 0 Å². The molecule has 0 saturated heterocycles. The molecule has 0 spiro atoms. The number of allylic oxidation sites excluding steroid dienone is 5. The highest BCUT2D eigenvalue weighted by atomic mass is 32.2. The summed E-state index contributed by atoms with van der Waals surface area (Å²) < 4.78 is 54.2. The maximum Gasteiger partial charge on any atom is 0.291 e. The molecule has 1 aromatic carbocycles. The van der Waals surface area contributed by atoms with Crippen molar-refractivity contribution in [3.05, 3.63) is 59.2 Å². The van der Waals surface area contributed by atoms with E-state index in [1.54, 1.807) is 13.0 Å². The van der Waals surface area contributed by atoms with Gasteiger partial charge in [-0.2, -0.15) is 8.78 Å². The van der Waals surface area contributed by atoms with Crippen LogP contribution in [0, 0.1) is 17.8 Å². The zero-order chi connectivity index (χ0) is 25.1. The molecule has 1 aromatic rings. The molecule has 0 amide bonds. The van der Waals surface area contributed by atoms with Crippen LogP contribution in [0.3, 0.4) is 0 Å². The quantitative estimate of drug-likeness (QED) is 0.560. The molecule has 0 aliphatic heterocycles. The smallest absolute Gasteiger partial charge is 0.291 e. The number of carbonyl (C=O) groups is 1. The normalized spacial score (nSPS) is 26.0. The van der Waals surface area contributed by atoms with Crippen molar-refractivity contribution in [2.24, 2.45) is 17.8 Å². The second-order valence-corrected chi connectivity index (χ2v) is 11.1. The van der Waals surface area contributed by atoms with Crippen molar-refractivity contribution in [3.63, 3.8) is 0 Å². The van der Waals surface area contributed by atoms with Crippen LogP contribution in [0.25, 0.3) is 5.57 Å². The first-order chi connectivity index (χ1) is 15.2. The van der Waals surface area contributed by atoms with E-state index in [0.29, 0.717) is 18.9 Å². The van der Waals surface area contributed by atoms with Gasteiger partial charge >= 0.3 is 0 Å². The molecule has 0 heterocycles. The van der Waals surface area contributed by atoms with Crippen molar-refractivity contribution in [3.8, 4) is 0 Å². The van der Waals surface area contributed by atoms with Crippen molar-refractivity contribution in [1.29, 1.82) is 0 Å². The van der Waals surface area contributed by atoms with Gasteiger partial charge in [0.15, 0.2) is 15.6 Å². The van der Waals surface area contributed by atoms with Crippen LogP contribution >= 0.6 is 0 Å². The van der Waals surface area contributed by atoms with Gasteiger partial charge in [-0.15, -0.1) is 0 Å². The van der Waals surface area contributed by atoms with E-state index in [1.807, 2.05) is 19.9 Å². The third-order valence-electron chi connectivity index (χ3n) is 6.64. The predicted molar refractivity (Wildman–Crippen MR) is 128 cm³/mol. The van der Waals surface area contributed by atoms with E-state index in [0.717, 1.165) is 24.0 Å². The van der Waals surface area contributed by atoms with Crippen LogP contribution in [-0.2, 0) is 20.6 Å². The van der Waals surface area contributed by atoms with Gasteiger partial charge in [0.25, 0.3) is 5.92 Å². The first-order valence-electron chi connectivity index (χ1n) is 11.2. The minimum Gasteiger partial charge on any atom is -0.392 e. The molecule has 0 aromatic heterocycles. The summed E-state index contributed by atoms with van der Waals surface area (Å²) in [6.45, 7) is 9.16. The maximum atomic E-state index is 14.5. The number of hydrogen-bond donors (Lipinski definition) is 1. The first kappa shape index (κ1) is 27.1. The third-order valence-corrected chi connectivity index (χ3v) is 7.77. The topological polar surface area (TPSA) is 71.4 Å². The number of sulfone groups is 1. The Labute approximate surface area is 196 Å². The van der Waals surface area contributed by atoms with Crippen molar-refractivity contribution in [2.45, 2.75) is 64.4 Å². The standard InChI is InChI=1S/C26H34F2O4S/c1-7-14-26(27,28)20-10-12-21(24(15-20)33(6,31)32)22-11-8-16(2)18(4)17(3)9-13-23(29)19(5)25(22)30/h7,9-12,14-16,18-19,23,29H,8,13H2,1-6H3. The molecule has 2 rings (SSSR count). The highest BCUT2D eigenvalue weighted by Gasteiger charge is 2.33. The molecule has 0 bridgehead atoms. The van der Waals surface area contributed by atoms with Crippen molar-refractivity contribution < 1.29 is 27.1 Å². The van der Waals surface area contributed by atoms with Gasteiger partial charge in [0.2, 0.25) is 0 Å². The van der Waals surface area contributed by atoms with E-state index in [-0.39, 0.29) is 27.9 Å². The second-order valence-electron chi connectivity index (χ2n) is 9.13. The molecular weight excluding hydrogens is 446 g/mol. The molecular formula is C26H34F2O4S. The zero-order valence-electron chi connectivity index (χ0n) is 20.1. The molecule has 1 N–H and O–H groups in total. The van der Waals surface area contributed by atoms with E-state index in [4.69, 9.17) is 0 Å². The number of aliphatic hydroxyl groups is 1. The molecule has 4 unspecified atom stereocenters. The van der Waals surface area contributed by atoms with Gasteiger partial charge in [0.1, 0.15) is 0 Å². The van der Waals surface area contributed by atoms with Crippen LogP contribution in [0.4, 0.5) is 8.78 Å². The van der Waals surface area contributed by atoms with E-state index in [2.05, 4.69) is 6.92 Å². The molecule has 1 aliphatic rings. The molecule has 182 valence electrons. The Bertz CT molecular complexity index is 1080. The number of ketones is 1. The van der Waals surface area contributed by atoms with Crippen LogP contribution < -0.4 is 0 Å². The number of halogens is 2. The van der Waals surface area contributed by atoms with Crippen LogP contribution in [-0.4, -0.2) is 31.7 Å². The summed E-state index contributed by atoms with van der Waals surface area (Å²) in [7, 11) is -3.94. The average Bonchev–Trinajstić information content (AvgIpc) is 2.75. The van der Waals surface area contributed by atoms with Gasteiger partial charge in [0, 0.05) is 28.9 Å². The summed E-state index contributed by atoms with van der Waals surface area (Å²) >= 11 is 0. The van der Waals surface area contributed by atoms with Gasteiger partial charge in [-0.05, 0) is 50.7 Å². The lowest BCUT2D eigenvalue weighted by Crippen LogP contribution is -2.26. The molecule has 0 fully saturated rings. The lowest BCUT2D eigenvalue weighted by atomic mass is 9.85. The minimum absolute atomic E-state index is 0.0883. The number of Topliss-reactive ketones (excluding diaryl/α,β-unsaturated/α-hetero) is 1. The molecule has 7 heteroatoms. The summed E-state index contributed by atoms with van der Waals surface area (Å²) in [5.74, 6) is -4.21. The van der Waals surface area contributed by atoms with E-state index >= 15 is 0 Å². The fraction of sp³-hybridized carbons (Fsp3) is 0.500. The van der Waals surface area contributed by atoms with Crippen LogP contribution in [0.2, 0.25) is 0 Å². The van der Waals surface area contributed by atoms with Crippen molar-refractivity contribution in [2.75, 3.05) is 6.26 Å². The number of hydrogen-bond acceptors (Lipinski definition) is 4. The van der Waals surface area contributed by atoms with Crippen LogP contribution in [0.15, 0.2) is 53.0 Å². The fourth-order valence-electron chi connectivity index (χ4n) is 3.98. The Morgan fingerprint density at radius 3 is 2.30 bits per heavy atom.